The SMILES string of the molecule is O=C(NCc1ccc(CN2CCOCC2)cc1)C1CCN(Cc2cccc3ccccc23)CC1. The van der Waals surface area contributed by atoms with Gasteiger partial charge in [0.2, 0.25) is 5.91 Å². The van der Waals surface area contributed by atoms with Crippen LogP contribution in [0.2, 0.25) is 0 Å². The molecule has 0 aliphatic carbocycles. The van der Waals surface area contributed by atoms with Crippen molar-refractivity contribution in [2.24, 2.45) is 5.92 Å². The van der Waals surface area contributed by atoms with Crippen molar-refractivity contribution in [3.8, 4) is 0 Å². The number of fused-ring (bicyclic) bond motifs is 1. The Balaban J connectivity index is 1.07. The van der Waals surface area contributed by atoms with E-state index in [2.05, 4.69) is 81.8 Å². The molecule has 0 saturated carbocycles. The first-order valence-corrected chi connectivity index (χ1v) is 12.6. The van der Waals surface area contributed by atoms with Crippen molar-refractivity contribution < 1.29 is 9.53 Å². The highest BCUT2D eigenvalue weighted by Gasteiger charge is 2.25. The summed E-state index contributed by atoms with van der Waals surface area (Å²) in [6, 6.07) is 23.8. The number of hydrogen-bond donors (Lipinski definition) is 1. The number of ether oxygens (including phenoxy) is 1. The monoisotopic (exact) mass is 457 g/mol. The van der Waals surface area contributed by atoms with Crippen LogP contribution in [-0.4, -0.2) is 55.1 Å². The number of nitrogens with zero attached hydrogens (tertiary/aromatic N) is 2. The Morgan fingerprint density at radius 3 is 2.26 bits per heavy atom. The van der Waals surface area contributed by atoms with Crippen LogP contribution in [0.1, 0.15) is 29.5 Å². The van der Waals surface area contributed by atoms with Crippen LogP contribution in [-0.2, 0) is 29.2 Å². The molecule has 2 aliphatic rings. The molecule has 178 valence electrons. The van der Waals surface area contributed by atoms with Gasteiger partial charge in [-0.15, -0.1) is 0 Å². The van der Waals surface area contributed by atoms with Crippen LogP contribution in [0.15, 0.2) is 66.7 Å². The van der Waals surface area contributed by atoms with Gasteiger partial charge in [-0.1, -0.05) is 66.7 Å². The molecule has 1 N–H and O–H groups in total. The molecule has 0 atom stereocenters. The van der Waals surface area contributed by atoms with E-state index in [1.165, 1.54) is 21.9 Å². The maximum Gasteiger partial charge on any atom is 0.223 e. The van der Waals surface area contributed by atoms with Crippen LogP contribution in [0.3, 0.4) is 0 Å². The standard InChI is InChI=1S/C29H35N3O2/c33-29(30-20-23-8-10-24(11-9-23)21-32-16-18-34-19-17-32)26-12-14-31(15-13-26)22-27-6-3-5-25-4-1-2-7-28(25)27/h1-11,26H,12-22H2,(H,30,33). The van der Waals surface area contributed by atoms with Crippen molar-refractivity contribution in [3.05, 3.63) is 83.4 Å². The number of nitrogens with one attached hydrogen (secondary N) is 1. The maximum absolute atomic E-state index is 12.8. The lowest BCUT2D eigenvalue weighted by molar-refractivity contribution is -0.126. The molecule has 0 radical (unpaired) electrons. The molecule has 0 bridgehead atoms. The highest BCUT2D eigenvalue weighted by Crippen LogP contribution is 2.23. The van der Waals surface area contributed by atoms with Crippen molar-refractivity contribution in [3.63, 3.8) is 0 Å². The lowest BCUT2D eigenvalue weighted by Crippen LogP contribution is -2.40. The van der Waals surface area contributed by atoms with E-state index in [1.807, 2.05) is 0 Å². The Bertz CT molecular complexity index is 1080. The van der Waals surface area contributed by atoms with E-state index in [0.717, 1.165) is 70.9 Å². The van der Waals surface area contributed by atoms with Crippen molar-refractivity contribution in [1.82, 2.24) is 15.1 Å². The fraction of sp³-hybridized carbons (Fsp3) is 0.414. The average molecular weight is 458 g/mol. The van der Waals surface area contributed by atoms with Crippen LogP contribution in [0.4, 0.5) is 0 Å². The van der Waals surface area contributed by atoms with Gasteiger partial charge in [0.15, 0.2) is 0 Å². The molecule has 2 aliphatic heterocycles. The minimum Gasteiger partial charge on any atom is -0.379 e. The van der Waals surface area contributed by atoms with E-state index < -0.39 is 0 Å². The van der Waals surface area contributed by atoms with Crippen LogP contribution in [0, 0.1) is 5.92 Å². The first-order valence-electron chi connectivity index (χ1n) is 12.6. The predicted octanol–water partition coefficient (Wildman–Crippen LogP) is 4.20. The number of amides is 1. The van der Waals surface area contributed by atoms with Gasteiger partial charge < -0.3 is 10.1 Å². The summed E-state index contributed by atoms with van der Waals surface area (Å²) >= 11 is 0. The average Bonchev–Trinajstić information content (AvgIpc) is 2.89. The number of hydrogen-bond acceptors (Lipinski definition) is 4. The van der Waals surface area contributed by atoms with E-state index in [0.29, 0.717) is 6.54 Å². The number of carbonyl (C=O) groups is 1. The summed E-state index contributed by atoms with van der Waals surface area (Å²) in [7, 11) is 0. The third-order valence-corrected chi connectivity index (χ3v) is 7.23. The predicted molar refractivity (Wildman–Crippen MR) is 136 cm³/mol. The van der Waals surface area contributed by atoms with E-state index in [1.54, 1.807) is 0 Å². The Morgan fingerprint density at radius 1 is 0.794 bits per heavy atom. The van der Waals surface area contributed by atoms with Crippen LogP contribution < -0.4 is 5.32 Å². The zero-order chi connectivity index (χ0) is 23.2. The van der Waals surface area contributed by atoms with Gasteiger partial charge in [0.1, 0.15) is 0 Å². The molecular formula is C29H35N3O2. The van der Waals surface area contributed by atoms with Gasteiger partial charge in [0.25, 0.3) is 0 Å². The third-order valence-electron chi connectivity index (χ3n) is 7.23. The molecule has 5 rings (SSSR count). The van der Waals surface area contributed by atoms with E-state index in [9.17, 15) is 4.79 Å². The summed E-state index contributed by atoms with van der Waals surface area (Å²) in [6.45, 7) is 8.11. The molecule has 3 aromatic rings. The summed E-state index contributed by atoms with van der Waals surface area (Å²) in [5.41, 5.74) is 3.85. The Hall–Kier alpha value is -2.73. The van der Waals surface area contributed by atoms with E-state index >= 15 is 0 Å². The summed E-state index contributed by atoms with van der Waals surface area (Å²) in [6.07, 6.45) is 1.85. The van der Waals surface area contributed by atoms with Crippen LogP contribution >= 0.6 is 0 Å². The molecule has 1 amide bonds. The van der Waals surface area contributed by atoms with Gasteiger partial charge in [-0.05, 0) is 53.4 Å². The molecule has 0 aromatic heterocycles. The summed E-state index contributed by atoms with van der Waals surface area (Å²) in [4.78, 5) is 17.7. The lowest BCUT2D eigenvalue weighted by Gasteiger charge is -2.31. The second-order valence-corrected chi connectivity index (χ2v) is 9.61. The smallest absolute Gasteiger partial charge is 0.223 e. The first kappa shape index (κ1) is 23.0. The number of piperidine rings is 1. The Kier molecular flexibility index (Phi) is 7.54. The van der Waals surface area contributed by atoms with Crippen molar-refractivity contribution >= 4 is 16.7 Å². The van der Waals surface area contributed by atoms with Crippen molar-refractivity contribution in [1.29, 1.82) is 0 Å². The zero-order valence-corrected chi connectivity index (χ0v) is 19.9. The lowest BCUT2D eigenvalue weighted by atomic mass is 9.95. The first-order chi connectivity index (χ1) is 16.7. The third kappa shape index (κ3) is 5.84. The number of morpholine rings is 1. The normalized spacial score (nSPS) is 18.2. The van der Waals surface area contributed by atoms with Gasteiger partial charge in [-0.3, -0.25) is 14.6 Å². The largest absolute Gasteiger partial charge is 0.379 e. The molecule has 0 unspecified atom stereocenters. The topological polar surface area (TPSA) is 44.8 Å². The van der Waals surface area contributed by atoms with Crippen LogP contribution in [0.25, 0.3) is 10.8 Å². The number of benzene rings is 3. The molecule has 2 heterocycles. The summed E-state index contributed by atoms with van der Waals surface area (Å²) in [5.74, 6) is 0.312. The van der Waals surface area contributed by atoms with Gasteiger partial charge in [0, 0.05) is 38.6 Å². The molecular weight excluding hydrogens is 422 g/mol. The molecule has 5 nitrogen and oxygen atoms in total. The second kappa shape index (κ2) is 11.1. The van der Waals surface area contributed by atoms with Gasteiger partial charge in [-0.2, -0.15) is 0 Å². The number of likely N-dealkylation sites (tertiary alicyclic amines) is 1. The highest BCUT2D eigenvalue weighted by atomic mass is 16.5. The molecule has 5 heteroatoms. The second-order valence-electron chi connectivity index (χ2n) is 9.61. The fourth-order valence-corrected chi connectivity index (χ4v) is 5.14. The minimum absolute atomic E-state index is 0.115. The maximum atomic E-state index is 12.8. The summed E-state index contributed by atoms with van der Waals surface area (Å²) in [5, 5.41) is 5.80. The molecule has 2 fully saturated rings. The molecule has 3 aromatic carbocycles. The molecule has 0 spiro atoms. The molecule has 34 heavy (non-hydrogen) atoms. The Morgan fingerprint density at radius 2 is 1.47 bits per heavy atom. The zero-order valence-electron chi connectivity index (χ0n) is 19.9. The van der Waals surface area contributed by atoms with Gasteiger partial charge in [0.05, 0.1) is 13.2 Å². The highest BCUT2D eigenvalue weighted by molar-refractivity contribution is 5.85. The van der Waals surface area contributed by atoms with E-state index in [4.69, 9.17) is 4.74 Å². The van der Waals surface area contributed by atoms with Crippen molar-refractivity contribution in [2.75, 3.05) is 39.4 Å². The van der Waals surface area contributed by atoms with Crippen LogP contribution in [0.5, 0.6) is 0 Å². The minimum atomic E-state index is 0.115. The fourth-order valence-electron chi connectivity index (χ4n) is 5.14. The van der Waals surface area contributed by atoms with Crippen molar-refractivity contribution in [2.45, 2.75) is 32.5 Å². The summed E-state index contributed by atoms with van der Waals surface area (Å²) < 4.78 is 5.42. The number of carbonyl (C=O) groups excluding carboxylic acids is 1. The van der Waals surface area contributed by atoms with Gasteiger partial charge >= 0.3 is 0 Å². The van der Waals surface area contributed by atoms with E-state index in [-0.39, 0.29) is 11.8 Å². The molecule has 2 saturated heterocycles. The van der Waals surface area contributed by atoms with Gasteiger partial charge in [-0.25, -0.2) is 0 Å². The Labute approximate surface area is 202 Å². The quantitative estimate of drug-likeness (QED) is 0.578. The number of rotatable bonds is 7.